The third-order valence-electron chi connectivity index (χ3n) is 5.68. The van der Waals surface area contributed by atoms with Crippen LogP contribution in [0.25, 0.3) is 0 Å². The molecule has 7 nitrogen and oxygen atoms in total. The second-order valence-electron chi connectivity index (χ2n) is 7.95. The fourth-order valence-electron chi connectivity index (χ4n) is 4.02. The molecular weight excluding hydrogens is 382 g/mol. The number of nitrogens with one attached hydrogen (secondary N) is 2. The second kappa shape index (κ2) is 10.9. The van der Waals surface area contributed by atoms with Gasteiger partial charge in [0.25, 0.3) is 0 Å². The number of nitrogens with zero attached hydrogens (tertiary/aromatic N) is 1. The number of carboxylic acid groups (broad SMARTS) is 1. The molecule has 30 heavy (non-hydrogen) atoms. The van der Waals surface area contributed by atoms with Gasteiger partial charge >= 0.3 is 5.97 Å². The highest BCUT2D eigenvalue weighted by Gasteiger charge is 2.21. The zero-order valence-corrected chi connectivity index (χ0v) is 17.5. The highest BCUT2D eigenvalue weighted by atomic mass is 16.5. The lowest BCUT2D eigenvalue weighted by Gasteiger charge is -2.32. The summed E-state index contributed by atoms with van der Waals surface area (Å²) in [6.45, 7) is 1.04. The number of allylic oxidation sites excluding steroid dienone is 3. The summed E-state index contributed by atoms with van der Waals surface area (Å²) in [4.78, 5) is 27.9. The molecule has 0 saturated carbocycles. The lowest BCUT2D eigenvalue weighted by molar-refractivity contribution is -0.137. The number of pyridine rings is 1. The maximum atomic E-state index is 12.5. The maximum Gasteiger partial charge on any atom is 0.303 e. The molecule has 7 heteroatoms. The summed E-state index contributed by atoms with van der Waals surface area (Å²) in [5.41, 5.74) is 3.38. The Hall–Kier alpha value is -2.67. The van der Waals surface area contributed by atoms with Crippen molar-refractivity contribution in [3.8, 4) is 5.88 Å². The Morgan fingerprint density at radius 1 is 1.27 bits per heavy atom. The minimum Gasteiger partial charge on any atom is -0.481 e. The second-order valence-corrected chi connectivity index (χ2v) is 7.95. The van der Waals surface area contributed by atoms with Crippen molar-refractivity contribution in [1.82, 2.24) is 15.6 Å². The number of carbonyl (C=O) groups is 2. The SMILES string of the molecule is COc1ccc(C(CC(=O)O)CC(=O)CCCCC2=CC=C3CCCNC3N2)cn1. The molecule has 2 atom stereocenters. The van der Waals surface area contributed by atoms with Gasteiger partial charge in [-0.3, -0.25) is 14.9 Å². The molecule has 2 aliphatic rings. The average molecular weight is 414 g/mol. The van der Waals surface area contributed by atoms with Crippen molar-refractivity contribution in [2.24, 2.45) is 0 Å². The number of methoxy groups -OCH3 is 1. The third-order valence-corrected chi connectivity index (χ3v) is 5.68. The molecule has 0 spiro atoms. The number of carbonyl (C=O) groups excluding carboxylic acids is 1. The Morgan fingerprint density at radius 2 is 2.13 bits per heavy atom. The fraction of sp³-hybridized carbons (Fsp3) is 0.522. The van der Waals surface area contributed by atoms with Crippen molar-refractivity contribution in [1.29, 1.82) is 0 Å². The van der Waals surface area contributed by atoms with Gasteiger partial charge in [0.15, 0.2) is 0 Å². The van der Waals surface area contributed by atoms with E-state index in [9.17, 15) is 14.7 Å². The zero-order valence-electron chi connectivity index (χ0n) is 17.5. The number of aromatic nitrogens is 1. The number of dihydropyridines is 1. The lowest BCUT2D eigenvalue weighted by Crippen LogP contribution is -2.47. The Morgan fingerprint density at radius 3 is 2.87 bits per heavy atom. The summed E-state index contributed by atoms with van der Waals surface area (Å²) in [5.74, 6) is -0.714. The first-order valence-corrected chi connectivity index (χ1v) is 10.7. The van der Waals surface area contributed by atoms with Gasteiger partial charge in [-0.05, 0) is 55.9 Å². The minimum absolute atomic E-state index is 0.0837. The predicted octanol–water partition coefficient (Wildman–Crippen LogP) is 3.29. The number of ether oxygens (including phenoxy) is 1. The van der Waals surface area contributed by atoms with E-state index in [1.54, 1.807) is 18.3 Å². The molecule has 0 amide bonds. The number of hydrogen-bond acceptors (Lipinski definition) is 6. The molecule has 1 fully saturated rings. The van der Waals surface area contributed by atoms with Crippen LogP contribution in [-0.4, -0.2) is 41.7 Å². The van der Waals surface area contributed by atoms with Crippen molar-refractivity contribution in [3.63, 3.8) is 0 Å². The van der Waals surface area contributed by atoms with E-state index in [0.29, 0.717) is 12.3 Å². The largest absolute Gasteiger partial charge is 0.481 e. The van der Waals surface area contributed by atoms with Crippen LogP contribution in [0.1, 0.15) is 62.8 Å². The van der Waals surface area contributed by atoms with Gasteiger partial charge in [-0.1, -0.05) is 12.1 Å². The van der Waals surface area contributed by atoms with Gasteiger partial charge in [0.2, 0.25) is 5.88 Å². The first-order valence-electron chi connectivity index (χ1n) is 10.7. The number of carboxylic acids is 1. The molecular formula is C23H31N3O4. The first-order chi connectivity index (χ1) is 14.5. The summed E-state index contributed by atoms with van der Waals surface area (Å²) in [6, 6.07) is 3.48. The van der Waals surface area contributed by atoms with Gasteiger partial charge in [-0.15, -0.1) is 0 Å². The summed E-state index contributed by atoms with van der Waals surface area (Å²) in [7, 11) is 1.53. The standard InChI is InChI=1S/C23H31N3O4/c1-30-21-11-9-17(15-25-21)18(14-22(28)29)13-20(27)7-3-2-6-19-10-8-16-5-4-12-24-23(16)26-19/h8-11,15,18,23-24,26H,2-7,12-14H2,1H3,(H,28,29). The van der Waals surface area contributed by atoms with E-state index in [2.05, 4.69) is 27.8 Å². The van der Waals surface area contributed by atoms with Gasteiger partial charge in [0, 0.05) is 36.7 Å². The van der Waals surface area contributed by atoms with Crippen LogP contribution in [0.2, 0.25) is 0 Å². The number of Topliss-reactive ketones (excluding diaryl/α,β-unsaturated/α-hetero) is 1. The number of rotatable bonds is 11. The molecule has 1 saturated heterocycles. The van der Waals surface area contributed by atoms with Gasteiger partial charge in [0.05, 0.1) is 19.7 Å². The predicted molar refractivity (Wildman–Crippen MR) is 114 cm³/mol. The van der Waals surface area contributed by atoms with Crippen LogP contribution in [0, 0.1) is 0 Å². The normalized spacial score (nSPS) is 19.0. The van der Waals surface area contributed by atoms with Crippen LogP contribution in [0.5, 0.6) is 5.88 Å². The summed E-state index contributed by atoms with van der Waals surface area (Å²) >= 11 is 0. The van der Waals surface area contributed by atoms with E-state index in [0.717, 1.165) is 37.8 Å². The van der Waals surface area contributed by atoms with Gasteiger partial charge in [-0.25, -0.2) is 4.98 Å². The van der Waals surface area contributed by atoms with E-state index in [1.807, 2.05) is 0 Å². The molecule has 1 aromatic rings. The van der Waals surface area contributed by atoms with E-state index >= 15 is 0 Å². The fourth-order valence-corrected chi connectivity index (χ4v) is 4.02. The molecule has 0 radical (unpaired) electrons. The molecule has 1 aromatic heterocycles. The summed E-state index contributed by atoms with van der Waals surface area (Å²) in [5, 5.41) is 16.2. The van der Waals surface area contributed by atoms with Gasteiger partial charge in [-0.2, -0.15) is 0 Å². The number of fused-ring (bicyclic) bond motifs is 1. The molecule has 3 N–H and O–H groups in total. The highest BCUT2D eigenvalue weighted by molar-refractivity contribution is 5.80. The van der Waals surface area contributed by atoms with Crippen molar-refractivity contribution in [2.45, 2.75) is 63.5 Å². The zero-order chi connectivity index (χ0) is 21.3. The topological polar surface area (TPSA) is 101 Å². The van der Waals surface area contributed by atoms with Crippen molar-refractivity contribution < 1.29 is 19.4 Å². The Balaban J connectivity index is 1.44. The molecule has 2 aliphatic heterocycles. The van der Waals surface area contributed by atoms with E-state index < -0.39 is 5.97 Å². The summed E-state index contributed by atoms with van der Waals surface area (Å²) in [6.07, 6.45) is 11.8. The van der Waals surface area contributed by atoms with Crippen LogP contribution in [0.4, 0.5) is 0 Å². The molecule has 2 unspecified atom stereocenters. The van der Waals surface area contributed by atoms with Gasteiger partial charge in [0.1, 0.15) is 5.78 Å². The average Bonchev–Trinajstić information content (AvgIpc) is 2.76. The Labute approximate surface area is 177 Å². The molecule has 0 aliphatic carbocycles. The van der Waals surface area contributed by atoms with Crippen LogP contribution in [0.3, 0.4) is 0 Å². The number of piperidine rings is 1. The van der Waals surface area contributed by atoms with Crippen LogP contribution in [-0.2, 0) is 9.59 Å². The summed E-state index contributed by atoms with van der Waals surface area (Å²) < 4.78 is 5.04. The Bertz CT molecular complexity index is 801. The third kappa shape index (κ3) is 6.42. The van der Waals surface area contributed by atoms with Crippen molar-refractivity contribution in [3.05, 3.63) is 47.3 Å². The van der Waals surface area contributed by atoms with Gasteiger partial charge < -0.3 is 15.2 Å². The molecule has 0 aromatic carbocycles. The van der Waals surface area contributed by atoms with Crippen LogP contribution >= 0.6 is 0 Å². The molecule has 3 rings (SSSR count). The number of ketones is 1. The van der Waals surface area contributed by atoms with Crippen molar-refractivity contribution >= 4 is 11.8 Å². The van der Waals surface area contributed by atoms with Crippen LogP contribution in [0.15, 0.2) is 41.8 Å². The molecule has 162 valence electrons. The van der Waals surface area contributed by atoms with Crippen LogP contribution < -0.4 is 15.4 Å². The Kier molecular flexibility index (Phi) is 8.02. The van der Waals surface area contributed by atoms with E-state index in [1.165, 1.54) is 24.8 Å². The minimum atomic E-state index is -0.914. The monoisotopic (exact) mass is 413 g/mol. The van der Waals surface area contributed by atoms with E-state index in [4.69, 9.17) is 4.74 Å². The maximum absolute atomic E-state index is 12.5. The number of hydrogen-bond donors (Lipinski definition) is 3. The quantitative estimate of drug-likeness (QED) is 0.479. The highest BCUT2D eigenvalue weighted by Crippen LogP contribution is 2.26. The lowest BCUT2D eigenvalue weighted by atomic mass is 9.90. The first kappa shape index (κ1) is 22.0. The molecule has 3 heterocycles. The van der Waals surface area contributed by atoms with Crippen molar-refractivity contribution in [2.75, 3.05) is 13.7 Å². The number of aliphatic carboxylic acids is 1. The number of unbranched alkanes of at least 4 members (excludes halogenated alkanes) is 1. The molecule has 0 bridgehead atoms. The smallest absolute Gasteiger partial charge is 0.303 e. The van der Waals surface area contributed by atoms with E-state index in [-0.39, 0.29) is 30.7 Å².